The van der Waals surface area contributed by atoms with Gasteiger partial charge in [-0.1, -0.05) is 37.3 Å². The molecule has 96 valence electrons. The van der Waals surface area contributed by atoms with Gasteiger partial charge in [-0.2, -0.15) is 0 Å². The standard InChI is InChI=1S/C16H14FNO/c1-11(12-4-7-14(18-2)8-5-12)13-6-9-16(19-3)15(17)10-13/h4-11H,1,3H3. The van der Waals surface area contributed by atoms with Crippen molar-refractivity contribution in [2.45, 2.75) is 12.8 Å². The molecule has 0 heterocycles. The minimum atomic E-state index is -0.357. The first-order valence-electron chi connectivity index (χ1n) is 5.96. The van der Waals surface area contributed by atoms with Gasteiger partial charge in [-0.3, -0.25) is 0 Å². The van der Waals surface area contributed by atoms with Crippen LogP contribution in [0.2, 0.25) is 0 Å². The topological polar surface area (TPSA) is 13.6 Å². The van der Waals surface area contributed by atoms with Crippen LogP contribution in [0.1, 0.15) is 24.0 Å². The molecule has 1 unspecified atom stereocenters. The average Bonchev–Trinajstić information content (AvgIpc) is 2.46. The van der Waals surface area contributed by atoms with Crippen molar-refractivity contribution in [2.24, 2.45) is 0 Å². The Kier molecular flexibility index (Phi) is 3.82. The summed E-state index contributed by atoms with van der Waals surface area (Å²) in [4.78, 5) is 3.35. The van der Waals surface area contributed by atoms with Crippen molar-refractivity contribution < 1.29 is 9.13 Å². The lowest BCUT2D eigenvalue weighted by Gasteiger charge is -2.13. The second-order valence-electron chi connectivity index (χ2n) is 4.32. The van der Waals surface area contributed by atoms with E-state index in [1.54, 1.807) is 18.2 Å². The van der Waals surface area contributed by atoms with Gasteiger partial charge in [0, 0.05) is 5.92 Å². The van der Waals surface area contributed by atoms with Gasteiger partial charge in [0.15, 0.2) is 17.3 Å². The highest BCUT2D eigenvalue weighted by Crippen LogP contribution is 2.28. The summed E-state index contributed by atoms with van der Waals surface area (Å²) in [6.45, 7) is 8.93. The van der Waals surface area contributed by atoms with Crippen molar-refractivity contribution in [1.29, 1.82) is 0 Å². The molecule has 2 rings (SSSR count). The number of rotatable bonds is 3. The van der Waals surface area contributed by atoms with Crippen molar-refractivity contribution >= 4 is 5.69 Å². The Morgan fingerprint density at radius 2 is 1.74 bits per heavy atom. The fourth-order valence-corrected chi connectivity index (χ4v) is 1.98. The van der Waals surface area contributed by atoms with E-state index in [1.165, 1.54) is 13.2 Å². The highest BCUT2D eigenvalue weighted by Gasteiger charge is 2.11. The quantitative estimate of drug-likeness (QED) is 0.734. The van der Waals surface area contributed by atoms with Crippen molar-refractivity contribution in [3.8, 4) is 5.75 Å². The van der Waals surface area contributed by atoms with E-state index in [9.17, 15) is 4.39 Å². The molecule has 0 saturated heterocycles. The number of halogens is 1. The van der Waals surface area contributed by atoms with Gasteiger partial charge in [0.2, 0.25) is 0 Å². The number of hydrogen-bond acceptors (Lipinski definition) is 1. The molecule has 0 amide bonds. The minimum Gasteiger partial charge on any atom is -0.494 e. The van der Waals surface area contributed by atoms with Gasteiger partial charge in [0.25, 0.3) is 0 Å². The van der Waals surface area contributed by atoms with Gasteiger partial charge in [0.1, 0.15) is 0 Å². The molecule has 3 heteroatoms. The normalized spacial score (nSPS) is 11.7. The molecule has 0 aromatic heterocycles. The Hall–Kier alpha value is -2.34. The molecule has 19 heavy (non-hydrogen) atoms. The molecule has 0 aliphatic heterocycles. The van der Waals surface area contributed by atoms with Gasteiger partial charge in [-0.15, -0.1) is 0 Å². The third-order valence-electron chi connectivity index (χ3n) is 3.20. The number of nitrogens with zero attached hydrogens (tertiary/aromatic N) is 1. The average molecular weight is 255 g/mol. The molecule has 2 aromatic carbocycles. The fourth-order valence-electron chi connectivity index (χ4n) is 1.98. The predicted molar refractivity (Wildman–Crippen MR) is 73.2 cm³/mol. The summed E-state index contributed by atoms with van der Waals surface area (Å²) >= 11 is 0. The first kappa shape index (κ1) is 13.1. The summed E-state index contributed by atoms with van der Waals surface area (Å²) in [7, 11) is 1.45. The molecule has 0 aliphatic rings. The van der Waals surface area contributed by atoms with Crippen LogP contribution in [0.25, 0.3) is 4.85 Å². The van der Waals surface area contributed by atoms with Crippen molar-refractivity contribution in [2.75, 3.05) is 7.11 Å². The smallest absolute Gasteiger partial charge is 0.187 e. The zero-order chi connectivity index (χ0) is 13.8. The summed E-state index contributed by atoms with van der Waals surface area (Å²) < 4.78 is 18.6. The molecule has 0 spiro atoms. The largest absolute Gasteiger partial charge is 0.494 e. The van der Waals surface area contributed by atoms with E-state index in [4.69, 9.17) is 11.3 Å². The van der Waals surface area contributed by atoms with Crippen molar-refractivity contribution in [1.82, 2.24) is 0 Å². The van der Waals surface area contributed by atoms with Gasteiger partial charge in [0.05, 0.1) is 13.7 Å². The summed E-state index contributed by atoms with van der Waals surface area (Å²) in [5, 5.41) is 0. The molecule has 0 fully saturated rings. The lowest BCUT2D eigenvalue weighted by molar-refractivity contribution is 0.386. The summed E-state index contributed by atoms with van der Waals surface area (Å²) in [6.07, 6.45) is 0. The number of methoxy groups -OCH3 is 1. The molecule has 0 aliphatic carbocycles. The van der Waals surface area contributed by atoms with Crippen LogP contribution in [-0.2, 0) is 0 Å². The summed E-state index contributed by atoms with van der Waals surface area (Å²) in [5.74, 6) is -0.0378. The molecular weight excluding hydrogens is 241 g/mol. The molecular formula is C16H14FNO. The molecule has 1 atom stereocenters. The lowest BCUT2D eigenvalue weighted by atomic mass is 9.93. The number of hydrogen-bond donors (Lipinski definition) is 0. The maximum atomic E-state index is 13.7. The third-order valence-corrected chi connectivity index (χ3v) is 3.20. The van der Waals surface area contributed by atoms with E-state index in [2.05, 4.69) is 4.85 Å². The Labute approximate surface area is 112 Å². The third kappa shape index (κ3) is 2.74. The first-order valence-corrected chi connectivity index (χ1v) is 5.96. The van der Waals surface area contributed by atoms with Crippen LogP contribution in [0.15, 0.2) is 42.5 Å². The number of ether oxygens (including phenoxy) is 1. The Morgan fingerprint density at radius 3 is 2.26 bits per heavy atom. The van der Waals surface area contributed by atoms with Crippen LogP contribution in [0.3, 0.4) is 0 Å². The lowest BCUT2D eigenvalue weighted by Crippen LogP contribution is -1.97. The molecule has 0 N–H and O–H groups in total. The van der Waals surface area contributed by atoms with E-state index in [-0.39, 0.29) is 17.5 Å². The predicted octanol–water partition coefficient (Wildman–Crippen LogP) is 4.54. The molecule has 2 aromatic rings. The SMILES string of the molecule is [C-]#[N+]c1ccc(C(C)c2ccc(OC)c(F)c2)cc1. The zero-order valence-electron chi connectivity index (χ0n) is 10.9. The van der Waals surface area contributed by atoms with Crippen LogP contribution in [0, 0.1) is 12.4 Å². The maximum absolute atomic E-state index is 13.7. The zero-order valence-corrected chi connectivity index (χ0v) is 10.9. The fraction of sp³-hybridized carbons (Fsp3) is 0.188. The van der Waals surface area contributed by atoms with E-state index >= 15 is 0 Å². The van der Waals surface area contributed by atoms with E-state index in [1.807, 2.05) is 25.1 Å². The van der Waals surface area contributed by atoms with Gasteiger partial charge in [-0.05, 0) is 23.3 Å². The summed E-state index contributed by atoms with van der Waals surface area (Å²) in [5.41, 5.74) is 2.54. The number of benzene rings is 2. The van der Waals surface area contributed by atoms with Crippen LogP contribution in [-0.4, -0.2) is 7.11 Å². The molecule has 0 radical (unpaired) electrons. The minimum absolute atomic E-state index is 0.0696. The Balaban J connectivity index is 2.30. The molecule has 0 saturated carbocycles. The first-order chi connectivity index (χ1) is 9.15. The monoisotopic (exact) mass is 255 g/mol. The Morgan fingerprint density at radius 1 is 1.11 bits per heavy atom. The van der Waals surface area contributed by atoms with Crippen molar-refractivity contribution in [3.63, 3.8) is 0 Å². The second kappa shape index (κ2) is 5.53. The van der Waals surface area contributed by atoms with Crippen LogP contribution in [0.5, 0.6) is 5.75 Å². The summed E-state index contributed by atoms with van der Waals surface area (Å²) in [6, 6.07) is 12.3. The van der Waals surface area contributed by atoms with Crippen LogP contribution in [0.4, 0.5) is 10.1 Å². The van der Waals surface area contributed by atoms with Crippen LogP contribution >= 0.6 is 0 Å². The Bertz CT molecular complexity index is 614. The van der Waals surface area contributed by atoms with Gasteiger partial charge in [-0.25, -0.2) is 9.24 Å². The van der Waals surface area contributed by atoms with Crippen molar-refractivity contribution in [3.05, 3.63) is 70.8 Å². The van der Waals surface area contributed by atoms with E-state index in [0.29, 0.717) is 5.69 Å². The molecule has 0 bridgehead atoms. The van der Waals surface area contributed by atoms with E-state index < -0.39 is 0 Å². The molecule has 2 nitrogen and oxygen atoms in total. The second-order valence-corrected chi connectivity index (χ2v) is 4.32. The van der Waals surface area contributed by atoms with Gasteiger partial charge < -0.3 is 4.74 Å². The highest BCUT2D eigenvalue weighted by molar-refractivity contribution is 5.47. The van der Waals surface area contributed by atoms with Crippen LogP contribution < -0.4 is 4.74 Å². The van der Waals surface area contributed by atoms with Gasteiger partial charge >= 0.3 is 0 Å². The van der Waals surface area contributed by atoms with E-state index in [0.717, 1.165) is 11.1 Å². The maximum Gasteiger partial charge on any atom is 0.187 e. The highest BCUT2D eigenvalue weighted by atomic mass is 19.1.